The number of nitrogens with two attached hydrogens (primary N) is 1. The van der Waals surface area contributed by atoms with Gasteiger partial charge in [-0.1, -0.05) is 41.0 Å². The second-order valence-corrected chi connectivity index (χ2v) is 7.58. The van der Waals surface area contributed by atoms with E-state index >= 15 is 0 Å². The molecule has 3 nitrogen and oxygen atoms in total. The van der Waals surface area contributed by atoms with Crippen molar-refractivity contribution in [3.63, 3.8) is 0 Å². The molecule has 1 amide bonds. The summed E-state index contributed by atoms with van der Waals surface area (Å²) in [5.74, 6) is 1.05. The van der Waals surface area contributed by atoms with Crippen LogP contribution < -0.4 is 11.1 Å². The van der Waals surface area contributed by atoms with Crippen LogP contribution in [-0.2, 0) is 4.79 Å². The SMILES string of the molecule is CCC(C)C(N)C(=O)NC1CC2CCC1(C)C2(C)C. The third kappa shape index (κ3) is 2.10. The number of nitrogens with one attached hydrogen (secondary N) is 1. The molecule has 2 aliphatic rings. The number of hydrogen-bond donors (Lipinski definition) is 2. The van der Waals surface area contributed by atoms with Gasteiger partial charge in [0.15, 0.2) is 0 Å². The molecule has 0 aromatic carbocycles. The minimum atomic E-state index is -0.365. The second kappa shape index (κ2) is 4.76. The van der Waals surface area contributed by atoms with Gasteiger partial charge in [0.25, 0.3) is 0 Å². The molecule has 2 rings (SSSR count). The first kappa shape index (κ1) is 14.8. The molecule has 110 valence electrons. The Labute approximate surface area is 117 Å². The molecule has 0 radical (unpaired) electrons. The van der Waals surface area contributed by atoms with Crippen molar-refractivity contribution >= 4 is 5.91 Å². The molecule has 0 aromatic rings. The molecule has 19 heavy (non-hydrogen) atoms. The third-order valence-corrected chi connectivity index (χ3v) is 6.67. The number of rotatable bonds is 4. The highest BCUT2D eigenvalue weighted by atomic mass is 16.2. The van der Waals surface area contributed by atoms with Gasteiger partial charge in [-0.05, 0) is 41.9 Å². The molecule has 3 N–H and O–H groups in total. The van der Waals surface area contributed by atoms with Crippen LogP contribution in [0.3, 0.4) is 0 Å². The fourth-order valence-corrected chi connectivity index (χ4v) is 4.20. The van der Waals surface area contributed by atoms with E-state index in [9.17, 15) is 4.79 Å². The summed E-state index contributed by atoms with van der Waals surface area (Å²) in [6.07, 6.45) is 4.62. The van der Waals surface area contributed by atoms with E-state index in [1.54, 1.807) is 0 Å². The fourth-order valence-electron chi connectivity index (χ4n) is 4.20. The summed E-state index contributed by atoms with van der Waals surface area (Å²) in [5, 5.41) is 3.26. The van der Waals surface area contributed by atoms with Crippen molar-refractivity contribution in [2.24, 2.45) is 28.4 Å². The highest BCUT2D eigenvalue weighted by Gasteiger charge is 2.61. The zero-order valence-electron chi connectivity index (χ0n) is 13.1. The molecule has 0 heterocycles. The molecule has 5 unspecified atom stereocenters. The van der Waals surface area contributed by atoms with E-state index in [4.69, 9.17) is 5.73 Å². The van der Waals surface area contributed by atoms with E-state index in [0.29, 0.717) is 11.5 Å². The Bertz CT molecular complexity index is 366. The third-order valence-electron chi connectivity index (χ3n) is 6.67. The van der Waals surface area contributed by atoms with Gasteiger partial charge in [0, 0.05) is 6.04 Å². The predicted octanol–water partition coefficient (Wildman–Crippen LogP) is 2.69. The van der Waals surface area contributed by atoms with Gasteiger partial charge in [-0.15, -0.1) is 0 Å². The van der Waals surface area contributed by atoms with Crippen LogP contribution in [0.5, 0.6) is 0 Å². The van der Waals surface area contributed by atoms with Crippen molar-refractivity contribution in [2.75, 3.05) is 0 Å². The standard InChI is InChI=1S/C16H30N2O/c1-6-10(2)13(17)14(19)18-12-9-11-7-8-16(12,5)15(11,3)4/h10-13H,6-9,17H2,1-5H3,(H,18,19). The van der Waals surface area contributed by atoms with E-state index in [-0.39, 0.29) is 23.3 Å². The van der Waals surface area contributed by atoms with Gasteiger partial charge < -0.3 is 11.1 Å². The lowest BCUT2D eigenvalue weighted by atomic mass is 9.69. The Balaban J connectivity index is 2.04. The van der Waals surface area contributed by atoms with Crippen LogP contribution in [0.4, 0.5) is 0 Å². The topological polar surface area (TPSA) is 55.1 Å². The summed E-state index contributed by atoms with van der Waals surface area (Å²) in [7, 11) is 0. The Morgan fingerprint density at radius 1 is 1.42 bits per heavy atom. The van der Waals surface area contributed by atoms with Gasteiger partial charge >= 0.3 is 0 Å². The molecule has 0 saturated heterocycles. The zero-order chi connectivity index (χ0) is 14.4. The molecule has 2 fully saturated rings. The first-order valence-corrected chi connectivity index (χ1v) is 7.80. The van der Waals surface area contributed by atoms with Gasteiger partial charge in [-0.2, -0.15) is 0 Å². The normalized spacial score (nSPS) is 39.1. The lowest BCUT2D eigenvalue weighted by Crippen LogP contribution is -2.53. The van der Waals surface area contributed by atoms with E-state index in [1.165, 1.54) is 12.8 Å². The molecule has 0 aromatic heterocycles. The molecule has 2 aliphatic carbocycles. The molecule has 2 bridgehead atoms. The van der Waals surface area contributed by atoms with E-state index in [2.05, 4.69) is 39.9 Å². The number of carbonyl (C=O) groups excluding carboxylic acids is 1. The van der Waals surface area contributed by atoms with E-state index in [1.807, 2.05) is 0 Å². The quantitative estimate of drug-likeness (QED) is 0.822. The summed E-state index contributed by atoms with van der Waals surface area (Å²) in [4.78, 5) is 12.3. The number of fused-ring (bicyclic) bond motifs is 2. The average molecular weight is 266 g/mol. The maximum absolute atomic E-state index is 12.3. The first-order valence-electron chi connectivity index (χ1n) is 7.80. The van der Waals surface area contributed by atoms with Gasteiger partial charge in [0.2, 0.25) is 5.91 Å². The molecule has 5 atom stereocenters. The predicted molar refractivity (Wildman–Crippen MR) is 78.6 cm³/mol. The van der Waals surface area contributed by atoms with E-state index < -0.39 is 0 Å². The Kier molecular flexibility index (Phi) is 3.72. The molecule has 0 spiro atoms. The van der Waals surface area contributed by atoms with Crippen LogP contribution in [0.2, 0.25) is 0 Å². The Morgan fingerprint density at radius 3 is 2.47 bits per heavy atom. The molecule has 2 saturated carbocycles. The summed E-state index contributed by atoms with van der Waals surface area (Å²) in [6, 6.07) is -0.0558. The van der Waals surface area contributed by atoms with Gasteiger partial charge in [0.05, 0.1) is 6.04 Å². The molecule has 0 aliphatic heterocycles. The first-order chi connectivity index (χ1) is 8.74. The Hall–Kier alpha value is -0.570. The van der Waals surface area contributed by atoms with Crippen LogP contribution in [0, 0.1) is 22.7 Å². The van der Waals surface area contributed by atoms with Gasteiger partial charge in [-0.25, -0.2) is 0 Å². The molecule has 3 heteroatoms. The minimum absolute atomic E-state index is 0.0453. The molecular formula is C16H30N2O. The number of hydrogen-bond acceptors (Lipinski definition) is 2. The number of amides is 1. The van der Waals surface area contributed by atoms with Crippen molar-refractivity contribution in [3.8, 4) is 0 Å². The van der Waals surface area contributed by atoms with Gasteiger partial charge in [-0.3, -0.25) is 4.79 Å². The maximum Gasteiger partial charge on any atom is 0.237 e. The summed E-state index contributed by atoms with van der Waals surface area (Å²) in [6.45, 7) is 11.2. The summed E-state index contributed by atoms with van der Waals surface area (Å²) in [5.41, 5.74) is 6.62. The fraction of sp³-hybridized carbons (Fsp3) is 0.938. The van der Waals surface area contributed by atoms with Crippen molar-refractivity contribution in [1.29, 1.82) is 0 Å². The zero-order valence-corrected chi connectivity index (χ0v) is 13.1. The Morgan fingerprint density at radius 2 is 2.05 bits per heavy atom. The van der Waals surface area contributed by atoms with Crippen LogP contribution in [0.15, 0.2) is 0 Å². The summed E-state index contributed by atoms with van der Waals surface area (Å²) >= 11 is 0. The van der Waals surface area contributed by atoms with Crippen LogP contribution in [-0.4, -0.2) is 18.0 Å². The van der Waals surface area contributed by atoms with E-state index in [0.717, 1.165) is 18.8 Å². The number of carbonyl (C=O) groups is 1. The average Bonchev–Trinajstić information content (AvgIpc) is 2.69. The van der Waals surface area contributed by atoms with Crippen molar-refractivity contribution in [2.45, 2.75) is 72.4 Å². The highest BCUT2D eigenvalue weighted by molar-refractivity contribution is 5.82. The molecular weight excluding hydrogens is 236 g/mol. The van der Waals surface area contributed by atoms with Crippen LogP contribution in [0.25, 0.3) is 0 Å². The smallest absolute Gasteiger partial charge is 0.237 e. The largest absolute Gasteiger partial charge is 0.351 e. The van der Waals surface area contributed by atoms with Crippen molar-refractivity contribution in [1.82, 2.24) is 5.32 Å². The van der Waals surface area contributed by atoms with Gasteiger partial charge in [0.1, 0.15) is 0 Å². The van der Waals surface area contributed by atoms with Crippen molar-refractivity contribution < 1.29 is 4.79 Å². The van der Waals surface area contributed by atoms with Crippen LogP contribution >= 0.6 is 0 Å². The summed E-state index contributed by atoms with van der Waals surface area (Å²) < 4.78 is 0. The lowest BCUT2D eigenvalue weighted by Gasteiger charge is -2.40. The van der Waals surface area contributed by atoms with Crippen molar-refractivity contribution in [3.05, 3.63) is 0 Å². The monoisotopic (exact) mass is 266 g/mol. The minimum Gasteiger partial charge on any atom is -0.351 e. The van der Waals surface area contributed by atoms with Crippen LogP contribution in [0.1, 0.15) is 60.3 Å². The highest BCUT2D eigenvalue weighted by Crippen LogP contribution is 2.65. The maximum atomic E-state index is 12.3. The second-order valence-electron chi connectivity index (χ2n) is 7.58. The lowest BCUT2D eigenvalue weighted by molar-refractivity contribution is -0.125.